The monoisotopic (exact) mass is 353 g/mol. The van der Waals surface area contributed by atoms with Crippen LogP contribution in [0.3, 0.4) is 0 Å². The largest absolute Gasteiger partial charge is 0.323 e. The number of amides is 2. The van der Waals surface area contributed by atoms with Crippen molar-refractivity contribution in [1.82, 2.24) is 4.90 Å². The summed E-state index contributed by atoms with van der Waals surface area (Å²) < 4.78 is 22.4. The van der Waals surface area contributed by atoms with Crippen LogP contribution in [0.25, 0.3) is 0 Å². The standard InChI is InChI=1S/C15H16ClN3O3S/c1-19(10-11-3-2-4-12(16)9-11)15(20)18-13-5-7-14(8-6-13)23(17,21)22/h2-9H,10H2,1H3,(H,18,20)(H2,17,21,22). The number of benzene rings is 2. The van der Waals surface area contributed by atoms with Crippen LogP contribution in [0.4, 0.5) is 10.5 Å². The van der Waals surface area contributed by atoms with Gasteiger partial charge in [-0.25, -0.2) is 18.4 Å². The van der Waals surface area contributed by atoms with Crippen LogP contribution in [-0.4, -0.2) is 26.4 Å². The van der Waals surface area contributed by atoms with E-state index in [9.17, 15) is 13.2 Å². The second kappa shape index (κ2) is 6.99. The van der Waals surface area contributed by atoms with Gasteiger partial charge < -0.3 is 10.2 Å². The van der Waals surface area contributed by atoms with Gasteiger partial charge in [-0.3, -0.25) is 0 Å². The fraction of sp³-hybridized carbons (Fsp3) is 0.133. The number of anilines is 1. The number of sulfonamides is 1. The Morgan fingerprint density at radius 2 is 1.87 bits per heavy atom. The van der Waals surface area contributed by atoms with Crippen molar-refractivity contribution in [1.29, 1.82) is 0 Å². The Hall–Kier alpha value is -2.09. The summed E-state index contributed by atoms with van der Waals surface area (Å²) in [5.74, 6) is 0. The summed E-state index contributed by atoms with van der Waals surface area (Å²) >= 11 is 5.91. The van der Waals surface area contributed by atoms with Crippen LogP contribution in [0.15, 0.2) is 53.4 Å². The highest BCUT2D eigenvalue weighted by molar-refractivity contribution is 7.89. The van der Waals surface area contributed by atoms with Crippen LogP contribution in [-0.2, 0) is 16.6 Å². The highest BCUT2D eigenvalue weighted by Crippen LogP contribution is 2.15. The lowest BCUT2D eigenvalue weighted by Crippen LogP contribution is -2.30. The molecular formula is C15H16ClN3O3S. The molecule has 8 heteroatoms. The van der Waals surface area contributed by atoms with Gasteiger partial charge in [0.25, 0.3) is 0 Å². The molecule has 0 aliphatic heterocycles. The van der Waals surface area contributed by atoms with E-state index in [2.05, 4.69) is 5.32 Å². The summed E-state index contributed by atoms with van der Waals surface area (Å²) in [6, 6.07) is 12.5. The fourth-order valence-corrected chi connectivity index (χ4v) is 2.66. The molecule has 6 nitrogen and oxygen atoms in total. The van der Waals surface area contributed by atoms with Crippen molar-refractivity contribution in [2.75, 3.05) is 12.4 Å². The second-order valence-electron chi connectivity index (χ2n) is 4.99. The zero-order chi connectivity index (χ0) is 17.0. The van der Waals surface area contributed by atoms with Gasteiger partial charge in [0.2, 0.25) is 10.0 Å². The number of hydrogen-bond acceptors (Lipinski definition) is 3. The van der Waals surface area contributed by atoms with E-state index < -0.39 is 10.0 Å². The van der Waals surface area contributed by atoms with Crippen LogP contribution >= 0.6 is 11.6 Å². The number of rotatable bonds is 4. The lowest BCUT2D eigenvalue weighted by molar-refractivity contribution is 0.220. The Bertz CT molecular complexity index is 807. The predicted molar refractivity (Wildman–Crippen MR) is 89.8 cm³/mol. The summed E-state index contributed by atoms with van der Waals surface area (Å²) in [5.41, 5.74) is 1.38. The quantitative estimate of drug-likeness (QED) is 0.884. The van der Waals surface area contributed by atoms with Gasteiger partial charge in [0, 0.05) is 24.3 Å². The highest BCUT2D eigenvalue weighted by atomic mass is 35.5. The number of carbonyl (C=O) groups is 1. The lowest BCUT2D eigenvalue weighted by Gasteiger charge is -2.18. The molecule has 2 aromatic carbocycles. The Morgan fingerprint density at radius 1 is 1.22 bits per heavy atom. The SMILES string of the molecule is CN(Cc1cccc(Cl)c1)C(=O)Nc1ccc(S(N)(=O)=O)cc1. The highest BCUT2D eigenvalue weighted by Gasteiger charge is 2.11. The van der Waals surface area contributed by atoms with Crippen molar-refractivity contribution < 1.29 is 13.2 Å². The molecule has 0 aliphatic carbocycles. The minimum atomic E-state index is -3.74. The molecule has 0 saturated carbocycles. The summed E-state index contributed by atoms with van der Waals surface area (Å²) in [4.78, 5) is 13.6. The molecule has 0 radical (unpaired) electrons. The van der Waals surface area contributed by atoms with Crippen molar-refractivity contribution in [3.05, 3.63) is 59.1 Å². The molecule has 0 fully saturated rings. The molecule has 0 saturated heterocycles. The van der Waals surface area contributed by atoms with E-state index in [4.69, 9.17) is 16.7 Å². The molecule has 0 aromatic heterocycles. The fourth-order valence-electron chi connectivity index (χ4n) is 1.93. The van der Waals surface area contributed by atoms with Gasteiger partial charge in [0.15, 0.2) is 0 Å². The zero-order valence-electron chi connectivity index (χ0n) is 12.4. The molecule has 2 rings (SSSR count). The number of halogens is 1. The molecule has 122 valence electrons. The topological polar surface area (TPSA) is 92.5 Å². The van der Waals surface area contributed by atoms with E-state index in [1.807, 2.05) is 12.1 Å². The third-order valence-electron chi connectivity index (χ3n) is 3.09. The van der Waals surface area contributed by atoms with E-state index in [-0.39, 0.29) is 10.9 Å². The predicted octanol–water partition coefficient (Wildman–Crippen LogP) is 2.65. The maximum absolute atomic E-state index is 12.1. The van der Waals surface area contributed by atoms with Crippen molar-refractivity contribution in [3.8, 4) is 0 Å². The molecule has 0 atom stereocenters. The maximum atomic E-state index is 12.1. The van der Waals surface area contributed by atoms with Crippen molar-refractivity contribution in [2.45, 2.75) is 11.4 Å². The zero-order valence-corrected chi connectivity index (χ0v) is 13.9. The molecule has 0 spiro atoms. The summed E-state index contributed by atoms with van der Waals surface area (Å²) in [7, 11) is -2.10. The second-order valence-corrected chi connectivity index (χ2v) is 6.98. The molecular weight excluding hydrogens is 338 g/mol. The van der Waals surface area contributed by atoms with Crippen LogP contribution < -0.4 is 10.5 Å². The number of carbonyl (C=O) groups excluding carboxylic acids is 1. The van der Waals surface area contributed by atoms with Crippen molar-refractivity contribution in [2.24, 2.45) is 5.14 Å². The molecule has 23 heavy (non-hydrogen) atoms. The van der Waals surface area contributed by atoms with Crippen LogP contribution in [0, 0.1) is 0 Å². The van der Waals surface area contributed by atoms with Crippen molar-refractivity contribution in [3.63, 3.8) is 0 Å². The summed E-state index contributed by atoms with van der Waals surface area (Å²) in [6.07, 6.45) is 0. The maximum Gasteiger partial charge on any atom is 0.321 e. The number of urea groups is 1. The lowest BCUT2D eigenvalue weighted by atomic mass is 10.2. The van der Waals surface area contributed by atoms with Crippen LogP contribution in [0.2, 0.25) is 5.02 Å². The smallest absolute Gasteiger partial charge is 0.321 e. The number of hydrogen-bond donors (Lipinski definition) is 2. The number of primary sulfonamides is 1. The first-order valence-electron chi connectivity index (χ1n) is 6.65. The average Bonchev–Trinajstić information content (AvgIpc) is 2.46. The van der Waals surface area contributed by atoms with Gasteiger partial charge in [-0.1, -0.05) is 23.7 Å². The molecule has 0 heterocycles. The van der Waals surface area contributed by atoms with Gasteiger partial charge in [-0.15, -0.1) is 0 Å². The number of nitrogens with two attached hydrogens (primary N) is 1. The molecule has 0 unspecified atom stereocenters. The minimum absolute atomic E-state index is 0.0113. The van der Waals surface area contributed by atoms with Gasteiger partial charge in [0.05, 0.1) is 4.90 Å². The van der Waals surface area contributed by atoms with Gasteiger partial charge in [0.1, 0.15) is 0 Å². The normalized spacial score (nSPS) is 11.1. The first-order valence-corrected chi connectivity index (χ1v) is 8.57. The third kappa shape index (κ3) is 4.95. The summed E-state index contributed by atoms with van der Waals surface area (Å²) in [6.45, 7) is 0.391. The van der Waals surface area contributed by atoms with Crippen molar-refractivity contribution >= 4 is 33.3 Å². The Morgan fingerprint density at radius 3 is 2.43 bits per heavy atom. The molecule has 2 amide bonds. The van der Waals surface area contributed by atoms with Crippen LogP contribution in [0.5, 0.6) is 0 Å². The van der Waals surface area contributed by atoms with E-state index >= 15 is 0 Å². The molecule has 2 aromatic rings. The van der Waals surface area contributed by atoms with Crippen LogP contribution in [0.1, 0.15) is 5.56 Å². The minimum Gasteiger partial charge on any atom is -0.323 e. The Balaban J connectivity index is 2.01. The molecule has 0 bridgehead atoms. The molecule has 3 N–H and O–H groups in total. The van der Waals surface area contributed by atoms with E-state index in [0.717, 1.165) is 5.56 Å². The van der Waals surface area contributed by atoms with Gasteiger partial charge in [-0.05, 0) is 42.0 Å². The Kier molecular flexibility index (Phi) is 5.25. The molecule has 0 aliphatic rings. The Labute approximate surface area is 139 Å². The van der Waals surface area contributed by atoms with E-state index in [1.54, 1.807) is 19.2 Å². The number of nitrogens with one attached hydrogen (secondary N) is 1. The summed E-state index contributed by atoms with van der Waals surface area (Å²) in [5, 5.41) is 8.30. The van der Waals surface area contributed by atoms with E-state index in [0.29, 0.717) is 17.3 Å². The van der Waals surface area contributed by atoms with E-state index in [1.165, 1.54) is 29.2 Å². The van der Waals surface area contributed by atoms with Gasteiger partial charge in [-0.2, -0.15) is 0 Å². The first-order chi connectivity index (χ1) is 10.8. The van der Waals surface area contributed by atoms with Gasteiger partial charge >= 0.3 is 6.03 Å². The average molecular weight is 354 g/mol. The third-order valence-corrected chi connectivity index (χ3v) is 4.25. The number of nitrogens with zero attached hydrogens (tertiary/aromatic N) is 1. The first kappa shape index (κ1) is 17.3.